The van der Waals surface area contributed by atoms with Gasteiger partial charge in [0.05, 0.1) is 5.92 Å². The van der Waals surface area contributed by atoms with Gasteiger partial charge in [-0.3, -0.25) is 14.5 Å². The fourth-order valence-corrected chi connectivity index (χ4v) is 4.37. The van der Waals surface area contributed by atoms with E-state index in [0.29, 0.717) is 18.1 Å². The van der Waals surface area contributed by atoms with Crippen molar-refractivity contribution >= 4 is 33.4 Å². The number of nitrogens with zero attached hydrogens (tertiary/aromatic N) is 5. The van der Waals surface area contributed by atoms with Crippen molar-refractivity contribution in [3.8, 4) is 0 Å². The molecule has 2 aliphatic rings. The van der Waals surface area contributed by atoms with Crippen molar-refractivity contribution in [2.24, 2.45) is 5.92 Å². The third-order valence-electron chi connectivity index (χ3n) is 4.82. The summed E-state index contributed by atoms with van der Waals surface area (Å²) in [4.78, 5) is 30.2. The molecule has 24 heavy (non-hydrogen) atoms. The molecule has 7 nitrogen and oxygen atoms in total. The second-order valence-electron chi connectivity index (χ2n) is 6.31. The lowest BCUT2D eigenvalue weighted by Crippen LogP contribution is -2.44. The van der Waals surface area contributed by atoms with Crippen molar-refractivity contribution in [3.05, 3.63) is 0 Å². The molecule has 0 aromatic carbocycles. The largest absolute Gasteiger partial charge is 0.346 e. The van der Waals surface area contributed by atoms with E-state index in [0.717, 1.165) is 50.6 Å². The highest BCUT2D eigenvalue weighted by molar-refractivity contribution is 7.19. The van der Waals surface area contributed by atoms with Gasteiger partial charge in [-0.2, -0.15) is 0 Å². The van der Waals surface area contributed by atoms with E-state index in [2.05, 4.69) is 15.1 Å². The zero-order chi connectivity index (χ0) is 17.1. The quantitative estimate of drug-likeness (QED) is 0.808. The Balaban J connectivity index is 1.68. The zero-order valence-corrected chi connectivity index (χ0v) is 15.2. The second-order valence-corrected chi connectivity index (χ2v) is 7.25. The molecule has 0 saturated carbocycles. The smallest absolute Gasteiger partial charge is 0.228 e. The number of piperidine rings is 1. The molecule has 1 aromatic heterocycles. The molecule has 0 radical (unpaired) electrons. The summed E-state index contributed by atoms with van der Waals surface area (Å²) in [6, 6.07) is 0. The molecule has 1 aromatic rings. The summed E-state index contributed by atoms with van der Waals surface area (Å²) in [5, 5.41) is 9.98. The fraction of sp³-hybridized carbons (Fsp3) is 0.750. The van der Waals surface area contributed by atoms with Crippen LogP contribution in [0.1, 0.15) is 39.5 Å². The Labute approximate surface area is 146 Å². The first-order chi connectivity index (χ1) is 11.6. The Kier molecular flexibility index (Phi) is 5.33. The van der Waals surface area contributed by atoms with Gasteiger partial charge in [-0.05, 0) is 33.1 Å². The van der Waals surface area contributed by atoms with Crippen LogP contribution in [-0.2, 0) is 9.59 Å². The molecule has 2 aliphatic heterocycles. The predicted molar refractivity (Wildman–Crippen MR) is 94.4 cm³/mol. The molecule has 0 spiro atoms. The highest BCUT2D eigenvalue weighted by Gasteiger charge is 2.31. The highest BCUT2D eigenvalue weighted by atomic mass is 32.1. The maximum Gasteiger partial charge on any atom is 0.228 e. The monoisotopic (exact) mass is 351 g/mol. The minimum Gasteiger partial charge on any atom is -0.346 e. The Bertz CT molecular complexity index is 601. The summed E-state index contributed by atoms with van der Waals surface area (Å²) < 4.78 is 0. The molecule has 3 heterocycles. The molecule has 1 atom stereocenters. The van der Waals surface area contributed by atoms with Gasteiger partial charge in [0.25, 0.3) is 0 Å². The maximum absolute atomic E-state index is 12.6. The van der Waals surface area contributed by atoms with Gasteiger partial charge < -0.3 is 9.80 Å². The molecule has 0 aliphatic carbocycles. The van der Waals surface area contributed by atoms with Crippen LogP contribution in [0.2, 0.25) is 0 Å². The third-order valence-corrected chi connectivity index (χ3v) is 5.83. The van der Waals surface area contributed by atoms with E-state index in [-0.39, 0.29) is 17.7 Å². The van der Waals surface area contributed by atoms with Gasteiger partial charge in [-0.1, -0.05) is 11.3 Å². The topological polar surface area (TPSA) is 69.6 Å². The van der Waals surface area contributed by atoms with Crippen molar-refractivity contribution < 1.29 is 9.59 Å². The minimum absolute atomic E-state index is 0.0272. The number of rotatable bonds is 5. The molecule has 8 heteroatoms. The summed E-state index contributed by atoms with van der Waals surface area (Å²) in [5.41, 5.74) is 0. The van der Waals surface area contributed by atoms with Gasteiger partial charge in [0.1, 0.15) is 0 Å². The van der Waals surface area contributed by atoms with E-state index in [4.69, 9.17) is 0 Å². The maximum atomic E-state index is 12.6. The molecule has 2 amide bonds. The predicted octanol–water partition coefficient (Wildman–Crippen LogP) is 1.75. The molecule has 3 rings (SSSR count). The summed E-state index contributed by atoms with van der Waals surface area (Å²) in [5.74, 6) is 0.398. The van der Waals surface area contributed by atoms with Crippen LogP contribution < -0.4 is 9.80 Å². The Morgan fingerprint density at radius 3 is 2.62 bits per heavy atom. The number of anilines is 2. The molecule has 1 unspecified atom stereocenters. The first-order valence-corrected chi connectivity index (χ1v) is 9.63. The summed E-state index contributed by atoms with van der Waals surface area (Å²) in [6.45, 7) is 7.87. The van der Waals surface area contributed by atoms with Crippen LogP contribution in [0.3, 0.4) is 0 Å². The van der Waals surface area contributed by atoms with Gasteiger partial charge in [-0.25, -0.2) is 0 Å². The van der Waals surface area contributed by atoms with E-state index in [1.165, 1.54) is 11.3 Å². The molecule has 0 bridgehead atoms. The normalized spacial score (nSPS) is 21.4. The van der Waals surface area contributed by atoms with E-state index >= 15 is 0 Å². The minimum atomic E-state index is 0.0272. The molecule has 0 N–H and O–H groups in total. The number of hydrogen-bond donors (Lipinski definition) is 0. The van der Waals surface area contributed by atoms with Crippen LogP contribution in [-0.4, -0.2) is 59.6 Å². The lowest BCUT2D eigenvalue weighted by molar-refractivity contribution is -0.135. The summed E-state index contributed by atoms with van der Waals surface area (Å²) in [7, 11) is 0. The van der Waals surface area contributed by atoms with Crippen LogP contribution in [0, 0.1) is 5.92 Å². The van der Waals surface area contributed by atoms with Gasteiger partial charge in [0.15, 0.2) is 0 Å². The average Bonchev–Trinajstić information content (AvgIpc) is 3.24. The molecule has 2 fully saturated rings. The summed E-state index contributed by atoms with van der Waals surface area (Å²) in [6.07, 6.45) is 3.40. The Hall–Kier alpha value is -1.70. The zero-order valence-electron chi connectivity index (χ0n) is 14.4. The number of carbonyl (C=O) groups excluding carboxylic acids is 2. The van der Waals surface area contributed by atoms with E-state index < -0.39 is 0 Å². The van der Waals surface area contributed by atoms with Crippen molar-refractivity contribution in [1.82, 2.24) is 15.1 Å². The van der Waals surface area contributed by atoms with Crippen LogP contribution in [0.15, 0.2) is 0 Å². The first kappa shape index (κ1) is 17.1. The highest BCUT2D eigenvalue weighted by Crippen LogP contribution is 2.32. The number of aromatic nitrogens is 2. The van der Waals surface area contributed by atoms with Gasteiger partial charge in [0.2, 0.25) is 22.1 Å². The number of amides is 2. The number of carbonyl (C=O) groups is 2. The van der Waals surface area contributed by atoms with Gasteiger partial charge in [-0.15, -0.1) is 10.2 Å². The van der Waals surface area contributed by atoms with Crippen molar-refractivity contribution in [3.63, 3.8) is 0 Å². The molecule has 132 valence electrons. The van der Waals surface area contributed by atoms with Gasteiger partial charge in [0, 0.05) is 39.1 Å². The third kappa shape index (κ3) is 3.38. The fourth-order valence-electron chi connectivity index (χ4n) is 3.44. The van der Waals surface area contributed by atoms with E-state index in [1.54, 1.807) is 4.90 Å². The van der Waals surface area contributed by atoms with Crippen molar-refractivity contribution in [2.75, 3.05) is 42.5 Å². The molecular weight excluding hydrogens is 326 g/mol. The van der Waals surface area contributed by atoms with Crippen LogP contribution in [0.4, 0.5) is 10.3 Å². The SMILES string of the molecule is CCN(CC)C(=O)C1CCCN(c2nnc(N3CCCC3=O)s2)C1. The van der Waals surface area contributed by atoms with Crippen LogP contribution in [0.25, 0.3) is 0 Å². The van der Waals surface area contributed by atoms with Crippen LogP contribution in [0.5, 0.6) is 0 Å². The van der Waals surface area contributed by atoms with E-state index in [1.807, 2.05) is 18.7 Å². The lowest BCUT2D eigenvalue weighted by atomic mass is 9.97. The standard InChI is InChI=1S/C16H25N5O2S/c1-3-19(4-2)14(23)12-7-5-9-20(11-12)15-17-18-16(24-15)21-10-6-8-13(21)22/h12H,3-11H2,1-2H3. The molecule has 2 saturated heterocycles. The second kappa shape index (κ2) is 7.46. The average molecular weight is 351 g/mol. The lowest BCUT2D eigenvalue weighted by Gasteiger charge is -2.34. The van der Waals surface area contributed by atoms with Crippen molar-refractivity contribution in [1.29, 1.82) is 0 Å². The Morgan fingerprint density at radius 1 is 1.21 bits per heavy atom. The van der Waals surface area contributed by atoms with Crippen molar-refractivity contribution in [2.45, 2.75) is 39.5 Å². The first-order valence-electron chi connectivity index (χ1n) is 8.81. The molecular formula is C16H25N5O2S. The van der Waals surface area contributed by atoms with E-state index in [9.17, 15) is 9.59 Å². The summed E-state index contributed by atoms with van der Waals surface area (Å²) >= 11 is 1.46. The van der Waals surface area contributed by atoms with Crippen LogP contribution >= 0.6 is 11.3 Å². The Morgan fingerprint density at radius 2 is 1.96 bits per heavy atom. The van der Waals surface area contributed by atoms with Gasteiger partial charge >= 0.3 is 0 Å². The number of hydrogen-bond acceptors (Lipinski definition) is 6.